The van der Waals surface area contributed by atoms with Crippen LogP contribution >= 0.6 is 27.3 Å². The van der Waals surface area contributed by atoms with Crippen LogP contribution in [0.25, 0.3) is 0 Å². The average Bonchev–Trinajstić information content (AvgIpc) is 2.74. The van der Waals surface area contributed by atoms with Gasteiger partial charge in [0.25, 0.3) is 0 Å². The Morgan fingerprint density at radius 2 is 2.16 bits per heavy atom. The van der Waals surface area contributed by atoms with Crippen LogP contribution in [0, 0.1) is 0 Å². The van der Waals surface area contributed by atoms with Gasteiger partial charge in [-0.3, -0.25) is 4.90 Å². The molecule has 0 saturated carbocycles. The Balaban J connectivity index is 2.11. The van der Waals surface area contributed by atoms with Crippen molar-refractivity contribution in [3.05, 3.63) is 20.8 Å². The molecule has 2 heterocycles. The third-order valence-corrected chi connectivity index (χ3v) is 6.14. The second kappa shape index (κ2) is 6.70. The molecule has 0 bridgehead atoms. The quantitative estimate of drug-likeness (QED) is 0.877. The van der Waals surface area contributed by atoms with Crippen molar-refractivity contribution in [3.8, 4) is 0 Å². The fourth-order valence-electron chi connectivity index (χ4n) is 2.90. The second-order valence-corrected chi connectivity index (χ2v) is 8.21. The van der Waals surface area contributed by atoms with E-state index in [0.717, 1.165) is 19.6 Å². The molecule has 2 nitrogen and oxygen atoms in total. The molecule has 0 amide bonds. The predicted octanol–water partition coefficient (Wildman–Crippen LogP) is 4.25. The van der Waals surface area contributed by atoms with Crippen molar-refractivity contribution in [3.63, 3.8) is 0 Å². The van der Waals surface area contributed by atoms with Crippen molar-refractivity contribution in [1.29, 1.82) is 0 Å². The van der Waals surface area contributed by atoms with Crippen molar-refractivity contribution in [2.24, 2.45) is 0 Å². The molecule has 1 saturated heterocycles. The summed E-state index contributed by atoms with van der Waals surface area (Å²) >= 11 is 5.43. The molecule has 0 aromatic carbocycles. The van der Waals surface area contributed by atoms with Crippen molar-refractivity contribution in [1.82, 2.24) is 10.2 Å². The summed E-state index contributed by atoms with van der Waals surface area (Å²) in [4.78, 5) is 4.12. The summed E-state index contributed by atoms with van der Waals surface area (Å²) in [6.45, 7) is 10.4. The normalized spacial score (nSPS) is 24.3. The van der Waals surface area contributed by atoms with Gasteiger partial charge in [0.1, 0.15) is 0 Å². The lowest BCUT2D eigenvalue weighted by molar-refractivity contribution is 0.153. The first kappa shape index (κ1) is 15.5. The highest BCUT2D eigenvalue weighted by Gasteiger charge is 2.32. The molecule has 1 fully saturated rings. The zero-order valence-electron chi connectivity index (χ0n) is 12.2. The number of nitrogens with one attached hydrogen (secondary N) is 1. The van der Waals surface area contributed by atoms with Crippen LogP contribution in [0.4, 0.5) is 0 Å². The van der Waals surface area contributed by atoms with Gasteiger partial charge in [-0.05, 0) is 60.8 Å². The highest BCUT2D eigenvalue weighted by atomic mass is 79.9. The van der Waals surface area contributed by atoms with E-state index in [1.165, 1.54) is 27.9 Å². The predicted molar refractivity (Wildman–Crippen MR) is 87.8 cm³/mol. The van der Waals surface area contributed by atoms with Crippen LogP contribution in [0.2, 0.25) is 0 Å². The molecular weight excluding hydrogens is 320 g/mol. The van der Waals surface area contributed by atoms with Gasteiger partial charge in [-0.1, -0.05) is 13.8 Å². The van der Waals surface area contributed by atoms with E-state index in [2.05, 4.69) is 59.1 Å². The van der Waals surface area contributed by atoms with E-state index in [1.54, 1.807) is 0 Å². The maximum Gasteiger partial charge on any atom is 0.0701 e. The van der Waals surface area contributed by atoms with Crippen LogP contribution in [-0.4, -0.2) is 29.6 Å². The number of rotatable bonds is 4. The highest BCUT2D eigenvalue weighted by Crippen LogP contribution is 2.27. The maximum absolute atomic E-state index is 3.80. The summed E-state index contributed by atoms with van der Waals surface area (Å²) in [5, 5.41) is 3.80. The standard InChI is InChI=1S/C15H25BrN2S/c1-4-15(5-2)11-18(12(3)8-9-17-15)10-13-6-7-14(16)19-13/h6-7,12,17H,4-5,8-11H2,1-3H3. The Bertz CT molecular complexity index is 401. The second-order valence-electron chi connectivity index (χ2n) is 5.66. The van der Waals surface area contributed by atoms with Crippen molar-refractivity contribution in [2.75, 3.05) is 13.1 Å². The Labute approximate surface area is 129 Å². The summed E-state index contributed by atoms with van der Waals surface area (Å²) in [5.74, 6) is 0. The highest BCUT2D eigenvalue weighted by molar-refractivity contribution is 9.11. The van der Waals surface area contributed by atoms with E-state index in [4.69, 9.17) is 0 Å². The zero-order chi connectivity index (χ0) is 13.9. The third kappa shape index (κ3) is 3.81. The van der Waals surface area contributed by atoms with Crippen molar-refractivity contribution in [2.45, 2.75) is 58.2 Å². The van der Waals surface area contributed by atoms with Crippen LogP contribution in [0.15, 0.2) is 15.9 Å². The SMILES string of the molecule is CCC1(CC)CN(Cc2ccc(Br)s2)C(C)CCN1. The smallest absolute Gasteiger partial charge is 0.0701 e. The van der Waals surface area contributed by atoms with E-state index >= 15 is 0 Å². The molecule has 1 aromatic heterocycles. The molecule has 1 unspecified atom stereocenters. The lowest BCUT2D eigenvalue weighted by atomic mass is 9.92. The Kier molecular flexibility index (Phi) is 5.46. The molecule has 1 aromatic rings. The largest absolute Gasteiger partial charge is 0.310 e. The van der Waals surface area contributed by atoms with Gasteiger partial charge >= 0.3 is 0 Å². The summed E-state index contributed by atoms with van der Waals surface area (Å²) in [6, 6.07) is 5.07. The molecule has 2 rings (SSSR count). The zero-order valence-corrected chi connectivity index (χ0v) is 14.6. The van der Waals surface area contributed by atoms with Gasteiger partial charge in [-0.2, -0.15) is 0 Å². The number of halogens is 1. The summed E-state index contributed by atoms with van der Waals surface area (Å²) in [7, 11) is 0. The summed E-state index contributed by atoms with van der Waals surface area (Å²) in [5.41, 5.74) is 0.305. The topological polar surface area (TPSA) is 15.3 Å². The van der Waals surface area contributed by atoms with Crippen molar-refractivity contribution >= 4 is 27.3 Å². The van der Waals surface area contributed by atoms with Gasteiger partial charge in [0.05, 0.1) is 3.79 Å². The molecule has 1 aliphatic rings. The number of hydrogen-bond donors (Lipinski definition) is 1. The number of nitrogens with zero attached hydrogens (tertiary/aromatic N) is 1. The van der Waals surface area contributed by atoms with Gasteiger partial charge in [0.15, 0.2) is 0 Å². The summed E-state index contributed by atoms with van der Waals surface area (Å²) in [6.07, 6.45) is 3.66. The molecular formula is C15H25BrN2S. The van der Waals surface area contributed by atoms with Crippen LogP contribution in [0.3, 0.4) is 0 Å². The van der Waals surface area contributed by atoms with E-state index in [0.29, 0.717) is 11.6 Å². The van der Waals surface area contributed by atoms with Crippen molar-refractivity contribution < 1.29 is 0 Å². The fraction of sp³-hybridized carbons (Fsp3) is 0.733. The first-order valence-corrected chi connectivity index (χ1v) is 8.93. The van der Waals surface area contributed by atoms with E-state index in [9.17, 15) is 0 Å². The molecule has 1 N–H and O–H groups in total. The minimum Gasteiger partial charge on any atom is -0.310 e. The van der Waals surface area contributed by atoms with E-state index < -0.39 is 0 Å². The first-order chi connectivity index (χ1) is 9.08. The average molecular weight is 345 g/mol. The van der Waals surface area contributed by atoms with Crippen LogP contribution in [0.1, 0.15) is 44.9 Å². The minimum absolute atomic E-state index is 0.305. The van der Waals surface area contributed by atoms with Gasteiger partial charge in [-0.15, -0.1) is 11.3 Å². The van der Waals surface area contributed by atoms with Gasteiger partial charge in [0.2, 0.25) is 0 Å². The van der Waals surface area contributed by atoms with Crippen LogP contribution in [0.5, 0.6) is 0 Å². The number of hydrogen-bond acceptors (Lipinski definition) is 3. The van der Waals surface area contributed by atoms with Gasteiger partial charge in [0, 0.05) is 29.5 Å². The monoisotopic (exact) mass is 344 g/mol. The van der Waals surface area contributed by atoms with E-state index in [1.807, 2.05) is 11.3 Å². The first-order valence-electron chi connectivity index (χ1n) is 7.32. The van der Waals surface area contributed by atoms with Crippen LogP contribution in [-0.2, 0) is 6.54 Å². The molecule has 0 spiro atoms. The number of thiophene rings is 1. The lowest BCUT2D eigenvalue weighted by Gasteiger charge is -2.37. The molecule has 0 radical (unpaired) electrons. The van der Waals surface area contributed by atoms with E-state index in [-0.39, 0.29) is 0 Å². The third-order valence-electron chi connectivity index (χ3n) is 4.53. The van der Waals surface area contributed by atoms with Gasteiger partial charge < -0.3 is 5.32 Å². The molecule has 1 atom stereocenters. The Hall–Kier alpha value is 0.1000. The fourth-order valence-corrected chi connectivity index (χ4v) is 4.41. The van der Waals surface area contributed by atoms with Crippen LogP contribution < -0.4 is 5.32 Å². The molecule has 19 heavy (non-hydrogen) atoms. The summed E-state index contributed by atoms with van der Waals surface area (Å²) < 4.78 is 1.24. The van der Waals surface area contributed by atoms with Gasteiger partial charge in [-0.25, -0.2) is 0 Å². The molecule has 0 aliphatic carbocycles. The Morgan fingerprint density at radius 3 is 2.74 bits per heavy atom. The molecule has 1 aliphatic heterocycles. The molecule has 4 heteroatoms. The molecule has 108 valence electrons. The Morgan fingerprint density at radius 1 is 1.42 bits per heavy atom. The lowest BCUT2D eigenvalue weighted by Crippen LogP contribution is -2.51. The maximum atomic E-state index is 3.80. The minimum atomic E-state index is 0.305.